The third kappa shape index (κ3) is 4.16. The molecule has 6 heteroatoms. The molecule has 0 spiro atoms. The number of aryl methyl sites for hydroxylation is 1. The van der Waals surface area contributed by atoms with Crippen molar-refractivity contribution in [2.24, 2.45) is 0 Å². The van der Waals surface area contributed by atoms with E-state index < -0.39 is 16.0 Å². The van der Waals surface area contributed by atoms with Crippen LogP contribution in [0.25, 0.3) is 0 Å². The van der Waals surface area contributed by atoms with Gasteiger partial charge in [0.25, 0.3) is 0 Å². The maximum Gasteiger partial charge on any atom is 0.303 e. The van der Waals surface area contributed by atoms with E-state index in [2.05, 4.69) is 4.72 Å². The Morgan fingerprint density at radius 2 is 2.00 bits per heavy atom. The molecular weight excluding hydrogens is 242 g/mol. The van der Waals surface area contributed by atoms with Crippen LogP contribution in [0.3, 0.4) is 0 Å². The molecule has 0 aliphatic rings. The number of benzene rings is 1. The molecule has 17 heavy (non-hydrogen) atoms. The van der Waals surface area contributed by atoms with Crippen LogP contribution in [0.15, 0.2) is 29.2 Å². The van der Waals surface area contributed by atoms with Crippen LogP contribution in [0.1, 0.15) is 18.4 Å². The van der Waals surface area contributed by atoms with Gasteiger partial charge in [0.1, 0.15) is 0 Å². The standard InChI is InChI=1S/C11H15NO4S/c1-9-5-2-3-6-10(9)17(15,16)12-8-4-7-11(13)14/h2-3,5-6,12H,4,7-8H2,1H3,(H,13,14). The Morgan fingerprint density at radius 1 is 1.35 bits per heavy atom. The van der Waals surface area contributed by atoms with E-state index in [9.17, 15) is 13.2 Å². The van der Waals surface area contributed by atoms with Gasteiger partial charge in [-0.1, -0.05) is 18.2 Å². The SMILES string of the molecule is Cc1ccccc1S(=O)(=O)NCCCC(=O)O. The number of sulfonamides is 1. The summed E-state index contributed by atoms with van der Waals surface area (Å²) in [5.41, 5.74) is 0.665. The van der Waals surface area contributed by atoms with Gasteiger partial charge < -0.3 is 5.11 Å². The van der Waals surface area contributed by atoms with Crippen molar-refractivity contribution < 1.29 is 18.3 Å². The highest BCUT2D eigenvalue weighted by atomic mass is 32.2. The predicted molar refractivity (Wildman–Crippen MR) is 63.2 cm³/mol. The Bertz CT molecular complexity index is 496. The normalized spacial score (nSPS) is 11.4. The maximum atomic E-state index is 11.8. The summed E-state index contributed by atoms with van der Waals surface area (Å²) >= 11 is 0. The zero-order chi connectivity index (χ0) is 12.9. The van der Waals surface area contributed by atoms with E-state index in [0.29, 0.717) is 5.56 Å². The van der Waals surface area contributed by atoms with Crippen LogP contribution in [0.5, 0.6) is 0 Å². The molecule has 1 aromatic carbocycles. The van der Waals surface area contributed by atoms with Gasteiger partial charge in [0.15, 0.2) is 0 Å². The van der Waals surface area contributed by atoms with Crippen LogP contribution < -0.4 is 4.72 Å². The van der Waals surface area contributed by atoms with Gasteiger partial charge >= 0.3 is 5.97 Å². The third-order valence-electron chi connectivity index (χ3n) is 2.24. The van der Waals surface area contributed by atoms with Gasteiger partial charge in [-0.2, -0.15) is 0 Å². The van der Waals surface area contributed by atoms with Crippen LogP contribution >= 0.6 is 0 Å². The van der Waals surface area contributed by atoms with Crippen molar-refractivity contribution >= 4 is 16.0 Å². The molecule has 0 saturated carbocycles. The fourth-order valence-corrected chi connectivity index (χ4v) is 2.70. The fourth-order valence-electron chi connectivity index (χ4n) is 1.38. The predicted octanol–water partition coefficient (Wildman–Crippen LogP) is 1.14. The van der Waals surface area contributed by atoms with Crippen molar-refractivity contribution in [1.29, 1.82) is 0 Å². The molecule has 0 aliphatic carbocycles. The summed E-state index contributed by atoms with van der Waals surface area (Å²) < 4.78 is 26.1. The van der Waals surface area contributed by atoms with Gasteiger partial charge in [0.2, 0.25) is 10.0 Å². The summed E-state index contributed by atoms with van der Waals surface area (Å²) in [4.78, 5) is 10.5. The van der Waals surface area contributed by atoms with E-state index in [1.165, 1.54) is 6.07 Å². The molecule has 5 nitrogen and oxygen atoms in total. The molecule has 1 aromatic rings. The maximum absolute atomic E-state index is 11.8. The number of rotatable bonds is 6. The second kappa shape index (κ2) is 5.79. The number of nitrogens with one attached hydrogen (secondary N) is 1. The first kappa shape index (κ1) is 13.7. The minimum absolute atomic E-state index is 0.0453. The molecule has 0 aromatic heterocycles. The largest absolute Gasteiger partial charge is 0.481 e. The fraction of sp³-hybridized carbons (Fsp3) is 0.364. The van der Waals surface area contributed by atoms with Crippen LogP contribution in [-0.2, 0) is 14.8 Å². The smallest absolute Gasteiger partial charge is 0.303 e. The first-order chi connectivity index (χ1) is 7.93. The highest BCUT2D eigenvalue weighted by Crippen LogP contribution is 2.13. The van der Waals surface area contributed by atoms with Crippen LogP contribution in [0.4, 0.5) is 0 Å². The molecule has 0 bridgehead atoms. The lowest BCUT2D eigenvalue weighted by atomic mass is 10.2. The summed E-state index contributed by atoms with van der Waals surface area (Å²) in [6.07, 6.45) is 0.233. The second-order valence-electron chi connectivity index (χ2n) is 3.66. The van der Waals surface area contributed by atoms with E-state index in [0.717, 1.165) is 0 Å². The van der Waals surface area contributed by atoms with Crippen molar-refractivity contribution in [3.63, 3.8) is 0 Å². The molecule has 0 heterocycles. The Hall–Kier alpha value is -1.40. The minimum atomic E-state index is -3.53. The van der Waals surface area contributed by atoms with Gasteiger partial charge in [-0.3, -0.25) is 4.79 Å². The van der Waals surface area contributed by atoms with Gasteiger partial charge in [-0.15, -0.1) is 0 Å². The lowest BCUT2D eigenvalue weighted by Gasteiger charge is -2.08. The lowest BCUT2D eigenvalue weighted by Crippen LogP contribution is -2.25. The Kier molecular flexibility index (Phi) is 4.65. The van der Waals surface area contributed by atoms with Gasteiger partial charge in [0, 0.05) is 13.0 Å². The average molecular weight is 257 g/mol. The lowest BCUT2D eigenvalue weighted by molar-refractivity contribution is -0.137. The zero-order valence-electron chi connectivity index (χ0n) is 9.51. The number of hydrogen-bond acceptors (Lipinski definition) is 3. The number of hydrogen-bond donors (Lipinski definition) is 2. The number of carboxylic acids is 1. The van der Waals surface area contributed by atoms with Gasteiger partial charge in [-0.05, 0) is 25.0 Å². The molecule has 0 atom stereocenters. The Morgan fingerprint density at radius 3 is 2.59 bits per heavy atom. The second-order valence-corrected chi connectivity index (χ2v) is 5.40. The molecule has 2 N–H and O–H groups in total. The molecule has 0 saturated heterocycles. The van der Waals surface area contributed by atoms with Crippen molar-refractivity contribution in [3.05, 3.63) is 29.8 Å². The monoisotopic (exact) mass is 257 g/mol. The summed E-state index contributed by atoms with van der Waals surface area (Å²) in [5.74, 6) is -0.930. The minimum Gasteiger partial charge on any atom is -0.481 e. The van der Waals surface area contributed by atoms with Gasteiger partial charge in [-0.25, -0.2) is 13.1 Å². The summed E-state index contributed by atoms with van der Waals surface area (Å²) in [7, 11) is -3.53. The first-order valence-corrected chi connectivity index (χ1v) is 6.69. The number of carboxylic acid groups (broad SMARTS) is 1. The molecule has 94 valence electrons. The van der Waals surface area contributed by atoms with Crippen molar-refractivity contribution in [1.82, 2.24) is 4.72 Å². The molecular formula is C11H15NO4S. The van der Waals surface area contributed by atoms with Crippen LogP contribution in [0.2, 0.25) is 0 Å². The van der Waals surface area contributed by atoms with Crippen LogP contribution in [-0.4, -0.2) is 26.0 Å². The Balaban J connectivity index is 2.64. The van der Waals surface area contributed by atoms with Crippen molar-refractivity contribution in [2.45, 2.75) is 24.7 Å². The average Bonchev–Trinajstić information content (AvgIpc) is 2.24. The highest BCUT2D eigenvalue weighted by Gasteiger charge is 2.15. The molecule has 0 radical (unpaired) electrons. The zero-order valence-corrected chi connectivity index (χ0v) is 10.3. The van der Waals surface area contributed by atoms with E-state index in [4.69, 9.17) is 5.11 Å². The van der Waals surface area contributed by atoms with Crippen molar-refractivity contribution in [3.8, 4) is 0 Å². The van der Waals surface area contributed by atoms with Crippen LogP contribution in [0, 0.1) is 6.92 Å². The third-order valence-corrected chi connectivity index (χ3v) is 3.86. The summed E-state index contributed by atoms with van der Waals surface area (Å²) in [6.45, 7) is 1.84. The van der Waals surface area contributed by atoms with E-state index in [1.54, 1.807) is 25.1 Å². The first-order valence-electron chi connectivity index (χ1n) is 5.20. The van der Waals surface area contributed by atoms with Crippen molar-refractivity contribution in [2.75, 3.05) is 6.54 Å². The van der Waals surface area contributed by atoms with E-state index >= 15 is 0 Å². The van der Waals surface area contributed by atoms with E-state index in [-0.39, 0.29) is 24.3 Å². The summed E-state index contributed by atoms with van der Waals surface area (Å²) in [6, 6.07) is 6.65. The van der Waals surface area contributed by atoms with Gasteiger partial charge in [0.05, 0.1) is 4.90 Å². The molecule has 0 aliphatic heterocycles. The Labute approximate surface area is 101 Å². The quantitative estimate of drug-likeness (QED) is 0.748. The van der Waals surface area contributed by atoms with E-state index in [1.807, 2.05) is 0 Å². The summed E-state index contributed by atoms with van der Waals surface area (Å²) in [5, 5.41) is 8.43. The molecule has 0 unspecified atom stereocenters. The highest BCUT2D eigenvalue weighted by molar-refractivity contribution is 7.89. The molecule has 0 fully saturated rings. The number of aliphatic carboxylic acids is 1. The number of carbonyl (C=O) groups is 1. The molecule has 1 rings (SSSR count). The topological polar surface area (TPSA) is 83.5 Å². The molecule has 0 amide bonds.